The summed E-state index contributed by atoms with van der Waals surface area (Å²) in [5, 5.41) is 9.69. The van der Waals surface area contributed by atoms with E-state index in [1.165, 1.54) is 6.42 Å². The van der Waals surface area contributed by atoms with Crippen LogP contribution in [0.1, 0.15) is 43.9 Å². The number of hydrogen-bond donors (Lipinski definition) is 2. The Kier molecular flexibility index (Phi) is 5.30. The minimum atomic E-state index is -0.621. The number of amides is 2. The minimum Gasteiger partial charge on any atom is -0.467 e. The van der Waals surface area contributed by atoms with E-state index in [-0.39, 0.29) is 18.6 Å². The summed E-state index contributed by atoms with van der Waals surface area (Å²) in [4.78, 5) is 24.1. The number of carbonyl (C=O) groups excluding carboxylic acids is 2. The van der Waals surface area contributed by atoms with Crippen LogP contribution in [0.25, 0.3) is 0 Å². The number of rotatable bonds is 5. The third kappa shape index (κ3) is 4.04. The van der Waals surface area contributed by atoms with Crippen LogP contribution in [0.4, 0.5) is 0 Å². The summed E-state index contributed by atoms with van der Waals surface area (Å²) in [7, 11) is 0. The monoisotopic (exact) mass is 330 g/mol. The molecule has 0 radical (unpaired) electrons. The van der Waals surface area contributed by atoms with Crippen molar-refractivity contribution in [3.63, 3.8) is 0 Å². The molecule has 2 aromatic rings. The third-order valence-corrected chi connectivity index (χ3v) is 4.32. The van der Waals surface area contributed by atoms with Gasteiger partial charge in [-0.1, -0.05) is 19.3 Å². The first-order chi connectivity index (χ1) is 11.7. The second-order valence-electron chi connectivity index (χ2n) is 6.04. The molecular formula is C17H22N4O3. The van der Waals surface area contributed by atoms with Crippen LogP contribution in [-0.2, 0) is 9.59 Å². The molecule has 0 bridgehead atoms. The summed E-state index contributed by atoms with van der Waals surface area (Å²) in [5.74, 6) is -0.517. The summed E-state index contributed by atoms with van der Waals surface area (Å²) in [6.07, 6.45) is 10.3. The van der Waals surface area contributed by atoms with E-state index in [0.717, 1.165) is 25.7 Å². The number of nitrogens with zero attached hydrogens (tertiary/aromatic N) is 2. The predicted molar refractivity (Wildman–Crippen MR) is 87.1 cm³/mol. The predicted octanol–water partition coefficient (Wildman–Crippen LogP) is 1.63. The lowest BCUT2D eigenvalue weighted by Crippen LogP contribution is -2.46. The highest BCUT2D eigenvalue weighted by Gasteiger charge is 2.23. The Hall–Kier alpha value is -2.57. The molecule has 1 saturated carbocycles. The highest BCUT2D eigenvalue weighted by atomic mass is 16.3. The third-order valence-electron chi connectivity index (χ3n) is 4.32. The van der Waals surface area contributed by atoms with Crippen molar-refractivity contribution in [2.45, 2.75) is 44.2 Å². The van der Waals surface area contributed by atoms with Gasteiger partial charge in [0.25, 0.3) is 0 Å². The molecule has 0 spiro atoms. The van der Waals surface area contributed by atoms with E-state index in [4.69, 9.17) is 4.42 Å². The summed E-state index contributed by atoms with van der Waals surface area (Å²) < 4.78 is 7.11. The Morgan fingerprint density at radius 3 is 2.75 bits per heavy atom. The smallest absolute Gasteiger partial charge is 0.309 e. The molecule has 1 atom stereocenters. The van der Waals surface area contributed by atoms with Gasteiger partial charge in [0.2, 0.25) is 0 Å². The van der Waals surface area contributed by atoms with Crippen LogP contribution in [0, 0.1) is 0 Å². The molecule has 128 valence electrons. The Bertz CT molecular complexity index is 611. The van der Waals surface area contributed by atoms with Crippen molar-refractivity contribution in [1.29, 1.82) is 0 Å². The molecule has 7 nitrogen and oxygen atoms in total. The molecule has 1 unspecified atom stereocenters. The lowest BCUT2D eigenvalue weighted by Gasteiger charge is -2.22. The fourth-order valence-electron chi connectivity index (χ4n) is 3.04. The van der Waals surface area contributed by atoms with Gasteiger partial charge >= 0.3 is 11.8 Å². The van der Waals surface area contributed by atoms with Gasteiger partial charge in [0.05, 0.1) is 6.26 Å². The van der Waals surface area contributed by atoms with Crippen molar-refractivity contribution in [3.8, 4) is 0 Å². The van der Waals surface area contributed by atoms with Gasteiger partial charge in [-0.05, 0) is 31.0 Å². The molecule has 1 aliphatic carbocycles. The summed E-state index contributed by atoms with van der Waals surface area (Å²) in [6.45, 7) is 0.228. The fraction of sp³-hybridized carbons (Fsp3) is 0.471. The number of aromatic nitrogens is 2. The average Bonchev–Trinajstić information content (AvgIpc) is 3.30. The maximum absolute atomic E-state index is 12.1. The van der Waals surface area contributed by atoms with Crippen LogP contribution < -0.4 is 10.6 Å². The maximum atomic E-state index is 12.1. The first-order valence-corrected chi connectivity index (χ1v) is 8.35. The normalized spacial score (nSPS) is 16.5. The van der Waals surface area contributed by atoms with Gasteiger partial charge < -0.3 is 15.1 Å². The lowest BCUT2D eigenvalue weighted by atomic mass is 9.95. The van der Waals surface area contributed by atoms with Crippen LogP contribution in [0.2, 0.25) is 0 Å². The summed E-state index contributed by atoms with van der Waals surface area (Å²) in [6, 6.07) is 5.22. The van der Waals surface area contributed by atoms with Crippen molar-refractivity contribution in [3.05, 3.63) is 42.6 Å². The molecular weight excluding hydrogens is 308 g/mol. The molecule has 1 aliphatic rings. The molecule has 0 saturated heterocycles. The Morgan fingerprint density at radius 1 is 1.25 bits per heavy atom. The van der Waals surface area contributed by atoms with Crippen molar-refractivity contribution in [2.24, 2.45) is 0 Å². The SMILES string of the molecule is O=C(NCC(c1ccco1)n1cccn1)C(=O)NC1CCCCC1. The zero-order chi connectivity index (χ0) is 16.8. The maximum Gasteiger partial charge on any atom is 0.309 e. The molecule has 2 N–H and O–H groups in total. The van der Waals surface area contributed by atoms with Crippen LogP contribution in [0.3, 0.4) is 0 Å². The topological polar surface area (TPSA) is 89.2 Å². The quantitative estimate of drug-likeness (QED) is 0.816. The van der Waals surface area contributed by atoms with E-state index in [1.54, 1.807) is 35.5 Å². The molecule has 7 heteroatoms. The van der Waals surface area contributed by atoms with E-state index < -0.39 is 11.8 Å². The second kappa shape index (κ2) is 7.81. The van der Waals surface area contributed by atoms with E-state index in [2.05, 4.69) is 15.7 Å². The van der Waals surface area contributed by atoms with Gasteiger partial charge in [0.1, 0.15) is 11.8 Å². The van der Waals surface area contributed by atoms with Gasteiger partial charge in [-0.25, -0.2) is 0 Å². The minimum absolute atomic E-state index is 0.115. The molecule has 3 rings (SSSR count). The largest absolute Gasteiger partial charge is 0.467 e. The average molecular weight is 330 g/mol. The van der Waals surface area contributed by atoms with Crippen molar-refractivity contribution in [1.82, 2.24) is 20.4 Å². The molecule has 2 aromatic heterocycles. The standard InChI is InChI=1S/C17H22N4O3/c22-16(17(23)20-13-6-2-1-3-7-13)18-12-14(15-8-4-11-24-15)21-10-5-9-19-21/h4-5,8-11,13-14H,1-3,6-7,12H2,(H,18,22)(H,20,23). The molecule has 1 fully saturated rings. The van der Waals surface area contributed by atoms with Gasteiger partial charge in [-0.15, -0.1) is 0 Å². The highest BCUT2D eigenvalue weighted by Crippen LogP contribution is 2.18. The van der Waals surface area contributed by atoms with E-state index in [0.29, 0.717) is 5.76 Å². The molecule has 2 amide bonds. The number of furan rings is 1. The first-order valence-electron chi connectivity index (χ1n) is 8.35. The molecule has 24 heavy (non-hydrogen) atoms. The summed E-state index contributed by atoms with van der Waals surface area (Å²) in [5.41, 5.74) is 0. The Morgan fingerprint density at radius 2 is 2.08 bits per heavy atom. The number of carbonyl (C=O) groups is 2. The zero-order valence-electron chi connectivity index (χ0n) is 13.5. The second-order valence-corrected chi connectivity index (χ2v) is 6.04. The molecule has 0 aromatic carbocycles. The van der Waals surface area contributed by atoms with Crippen LogP contribution >= 0.6 is 0 Å². The lowest BCUT2D eigenvalue weighted by molar-refractivity contribution is -0.139. The van der Waals surface area contributed by atoms with E-state index >= 15 is 0 Å². The Labute approximate surface area is 140 Å². The first kappa shape index (κ1) is 16.3. The fourth-order valence-corrected chi connectivity index (χ4v) is 3.04. The number of nitrogens with one attached hydrogen (secondary N) is 2. The van der Waals surface area contributed by atoms with Gasteiger partial charge in [-0.3, -0.25) is 14.3 Å². The van der Waals surface area contributed by atoms with Gasteiger partial charge in [0.15, 0.2) is 0 Å². The van der Waals surface area contributed by atoms with Crippen molar-refractivity contribution < 1.29 is 14.0 Å². The molecule has 0 aliphatic heterocycles. The van der Waals surface area contributed by atoms with Crippen LogP contribution in [-0.4, -0.2) is 34.2 Å². The Balaban J connectivity index is 1.56. The number of hydrogen-bond acceptors (Lipinski definition) is 4. The van der Waals surface area contributed by atoms with E-state index in [1.807, 2.05) is 6.07 Å². The van der Waals surface area contributed by atoms with Crippen LogP contribution in [0.15, 0.2) is 41.3 Å². The van der Waals surface area contributed by atoms with Crippen LogP contribution in [0.5, 0.6) is 0 Å². The van der Waals surface area contributed by atoms with Gasteiger partial charge in [0, 0.05) is 25.0 Å². The highest BCUT2D eigenvalue weighted by molar-refractivity contribution is 6.35. The summed E-state index contributed by atoms with van der Waals surface area (Å²) >= 11 is 0. The van der Waals surface area contributed by atoms with Crippen molar-refractivity contribution in [2.75, 3.05) is 6.54 Å². The van der Waals surface area contributed by atoms with E-state index in [9.17, 15) is 9.59 Å². The van der Waals surface area contributed by atoms with Crippen molar-refractivity contribution >= 4 is 11.8 Å². The van der Waals surface area contributed by atoms with Gasteiger partial charge in [-0.2, -0.15) is 5.10 Å². The molecule has 2 heterocycles. The zero-order valence-corrected chi connectivity index (χ0v) is 13.5.